The van der Waals surface area contributed by atoms with Crippen LogP contribution in [0.15, 0.2) is 30.6 Å². The van der Waals surface area contributed by atoms with Crippen molar-refractivity contribution in [3.63, 3.8) is 0 Å². The van der Waals surface area contributed by atoms with Crippen LogP contribution in [0.2, 0.25) is 0 Å². The SMILES string of the molecule is Cc1nccnc1C(C)Nc1ccc(F)c(C(N)=O)c1. The number of carbonyl (C=O) groups excluding carboxylic acids is 1. The van der Waals surface area contributed by atoms with Crippen molar-refractivity contribution >= 4 is 11.6 Å². The van der Waals surface area contributed by atoms with E-state index < -0.39 is 11.7 Å². The van der Waals surface area contributed by atoms with E-state index in [1.165, 1.54) is 12.1 Å². The van der Waals surface area contributed by atoms with E-state index in [-0.39, 0.29) is 11.6 Å². The average molecular weight is 274 g/mol. The minimum absolute atomic E-state index is 0.130. The molecule has 2 aromatic rings. The number of aromatic nitrogens is 2. The first-order chi connectivity index (χ1) is 9.49. The molecule has 0 bridgehead atoms. The summed E-state index contributed by atoms with van der Waals surface area (Å²) >= 11 is 0. The highest BCUT2D eigenvalue weighted by molar-refractivity contribution is 5.94. The first-order valence-electron chi connectivity index (χ1n) is 6.12. The van der Waals surface area contributed by atoms with Crippen LogP contribution < -0.4 is 11.1 Å². The fourth-order valence-electron chi connectivity index (χ4n) is 1.97. The number of amides is 1. The predicted octanol–water partition coefficient (Wildman–Crippen LogP) is 2.20. The molecule has 0 fully saturated rings. The predicted molar refractivity (Wildman–Crippen MR) is 73.7 cm³/mol. The number of anilines is 1. The minimum Gasteiger partial charge on any atom is -0.377 e. The van der Waals surface area contributed by atoms with E-state index >= 15 is 0 Å². The van der Waals surface area contributed by atoms with Crippen molar-refractivity contribution in [3.8, 4) is 0 Å². The molecule has 1 atom stereocenters. The molecule has 0 aliphatic heterocycles. The Labute approximate surface area is 116 Å². The molecular formula is C14H15FN4O. The summed E-state index contributed by atoms with van der Waals surface area (Å²) in [4.78, 5) is 19.5. The monoisotopic (exact) mass is 274 g/mol. The van der Waals surface area contributed by atoms with Crippen LogP contribution in [0.25, 0.3) is 0 Å². The van der Waals surface area contributed by atoms with Crippen LogP contribution in [0.3, 0.4) is 0 Å². The highest BCUT2D eigenvalue weighted by Gasteiger charge is 2.13. The summed E-state index contributed by atoms with van der Waals surface area (Å²) in [7, 11) is 0. The summed E-state index contributed by atoms with van der Waals surface area (Å²) in [6.45, 7) is 3.77. The maximum absolute atomic E-state index is 13.4. The van der Waals surface area contributed by atoms with Gasteiger partial charge in [-0.1, -0.05) is 0 Å². The Balaban J connectivity index is 2.24. The third-order valence-corrected chi connectivity index (χ3v) is 2.94. The van der Waals surface area contributed by atoms with Crippen LogP contribution in [0.5, 0.6) is 0 Å². The van der Waals surface area contributed by atoms with Crippen molar-refractivity contribution in [3.05, 3.63) is 53.4 Å². The Hall–Kier alpha value is -2.50. The van der Waals surface area contributed by atoms with Gasteiger partial charge in [-0.05, 0) is 32.0 Å². The number of halogens is 1. The molecule has 20 heavy (non-hydrogen) atoms. The number of primary amides is 1. The van der Waals surface area contributed by atoms with Gasteiger partial charge in [0.25, 0.3) is 5.91 Å². The van der Waals surface area contributed by atoms with Gasteiger partial charge in [-0.15, -0.1) is 0 Å². The molecule has 1 aromatic carbocycles. The van der Waals surface area contributed by atoms with E-state index in [0.29, 0.717) is 5.69 Å². The lowest BCUT2D eigenvalue weighted by Crippen LogP contribution is -2.15. The van der Waals surface area contributed by atoms with Gasteiger partial charge in [-0.25, -0.2) is 4.39 Å². The molecule has 104 valence electrons. The molecule has 1 amide bonds. The molecule has 1 unspecified atom stereocenters. The molecular weight excluding hydrogens is 259 g/mol. The van der Waals surface area contributed by atoms with E-state index in [1.54, 1.807) is 18.5 Å². The lowest BCUT2D eigenvalue weighted by Gasteiger charge is -2.16. The quantitative estimate of drug-likeness (QED) is 0.895. The first kappa shape index (κ1) is 13.9. The number of carbonyl (C=O) groups is 1. The molecule has 6 heteroatoms. The van der Waals surface area contributed by atoms with Crippen LogP contribution >= 0.6 is 0 Å². The lowest BCUT2D eigenvalue weighted by atomic mass is 10.1. The maximum Gasteiger partial charge on any atom is 0.251 e. The average Bonchev–Trinajstić information content (AvgIpc) is 2.41. The number of rotatable bonds is 4. The second-order valence-electron chi connectivity index (χ2n) is 4.45. The molecule has 5 nitrogen and oxygen atoms in total. The van der Waals surface area contributed by atoms with Crippen molar-refractivity contribution in [2.24, 2.45) is 5.73 Å². The topological polar surface area (TPSA) is 80.9 Å². The first-order valence-corrected chi connectivity index (χ1v) is 6.12. The van der Waals surface area contributed by atoms with Crippen molar-refractivity contribution in [1.29, 1.82) is 0 Å². The van der Waals surface area contributed by atoms with Crippen LogP contribution in [-0.2, 0) is 0 Å². The zero-order valence-electron chi connectivity index (χ0n) is 11.2. The number of nitrogens with zero attached hydrogens (tertiary/aromatic N) is 2. The summed E-state index contributed by atoms with van der Waals surface area (Å²) < 4.78 is 13.4. The van der Waals surface area contributed by atoms with E-state index in [1.807, 2.05) is 13.8 Å². The zero-order chi connectivity index (χ0) is 14.7. The molecule has 1 heterocycles. The van der Waals surface area contributed by atoms with Crippen LogP contribution in [0, 0.1) is 12.7 Å². The molecule has 1 aromatic heterocycles. The fraction of sp³-hybridized carbons (Fsp3) is 0.214. The molecule has 2 rings (SSSR count). The molecule has 0 saturated carbocycles. The highest BCUT2D eigenvalue weighted by Crippen LogP contribution is 2.21. The number of benzene rings is 1. The van der Waals surface area contributed by atoms with E-state index in [0.717, 1.165) is 11.4 Å². The third-order valence-electron chi connectivity index (χ3n) is 2.94. The molecule has 0 saturated heterocycles. The highest BCUT2D eigenvalue weighted by atomic mass is 19.1. The minimum atomic E-state index is -0.797. The van der Waals surface area contributed by atoms with E-state index in [2.05, 4.69) is 15.3 Å². The van der Waals surface area contributed by atoms with Gasteiger partial charge < -0.3 is 11.1 Å². The third kappa shape index (κ3) is 2.90. The van der Waals surface area contributed by atoms with Gasteiger partial charge in [0, 0.05) is 18.1 Å². The van der Waals surface area contributed by atoms with Gasteiger partial charge >= 0.3 is 0 Å². The Morgan fingerprint density at radius 1 is 1.35 bits per heavy atom. The van der Waals surface area contributed by atoms with Gasteiger partial charge in [0.15, 0.2) is 0 Å². The van der Waals surface area contributed by atoms with Gasteiger partial charge in [0.1, 0.15) is 5.82 Å². The standard InChI is InChI=1S/C14H15FN4O/c1-8-13(18-6-5-17-8)9(2)19-10-3-4-12(15)11(7-10)14(16)20/h3-7,9,19H,1-2H3,(H2,16,20). The summed E-state index contributed by atoms with van der Waals surface area (Å²) in [5.74, 6) is -1.43. The zero-order valence-corrected chi connectivity index (χ0v) is 11.2. The second kappa shape index (κ2) is 5.64. The maximum atomic E-state index is 13.4. The van der Waals surface area contributed by atoms with Gasteiger partial charge in [-0.3, -0.25) is 14.8 Å². The summed E-state index contributed by atoms with van der Waals surface area (Å²) in [6, 6.07) is 4.01. The lowest BCUT2D eigenvalue weighted by molar-refractivity contribution is 0.0996. The van der Waals surface area contributed by atoms with Crippen molar-refractivity contribution in [2.75, 3.05) is 5.32 Å². The Bertz CT molecular complexity index is 645. The van der Waals surface area contributed by atoms with Crippen LogP contribution in [0.4, 0.5) is 10.1 Å². The summed E-state index contributed by atoms with van der Waals surface area (Å²) in [5.41, 5.74) is 7.17. The smallest absolute Gasteiger partial charge is 0.251 e. The number of aryl methyl sites for hydroxylation is 1. The van der Waals surface area contributed by atoms with Gasteiger partial charge in [-0.2, -0.15) is 0 Å². The van der Waals surface area contributed by atoms with Gasteiger partial charge in [0.2, 0.25) is 0 Å². The second-order valence-corrected chi connectivity index (χ2v) is 4.45. The molecule has 0 radical (unpaired) electrons. The fourth-order valence-corrected chi connectivity index (χ4v) is 1.97. The Morgan fingerprint density at radius 2 is 2.05 bits per heavy atom. The summed E-state index contributed by atoms with van der Waals surface area (Å²) in [6.07, 6.45) is 3.23. The molecule has 0 spiro atoms. The largest absolute Gasteiger partial charge is 0.377 e. The number of hydrogen-bond donors (Lipinski definition) is 2. The number of hydrogen-bond acceptors (Lipinski definition) is 4. The van der Waals surface area contributed by atoms with E-state index in [9.17, 15) is 9.18 Å². The number of nitrogens with one attached hydrogen (secondary N) is 1. The number of nitrogens with two attached hydrogens (primary N) is 1. The Kier molecular flexibility index (Phi) is 3.93. The molecule has 0 aliphatic rings. The van der Waals surface area contributed by atoms with Gasteiger partial charge in [0.05, 0.1) is 23.0 Å². The Morgan fingerprint density at radius 3 is 2.70 bits per heavy atom. The molecule has 3 N–H and O–H groups in total. The van der Waals surface area contributed by atoms with Crippen molar-refractivity contribution < 1.29 is 9.18 Å². The normalized spacial score (nSPS) is 11.9. The van der Waals surface area contributed by atoms with Crippen molar-refractivity contribution in [1.82, 2.24) is 9.97 Å². The van der Waals surface area contributed by atoms with Crippen LogP contribution in [-0.4, -0.2) is 15.9 Å². The summed E-state index contributed by atoms with van der Waals surface area (Å²) in [5, 5.41) is 3.14. The van der Waals surface area contributed by atoms with E-state index in [4.69, 9.17) is 5.73 Å². The van der Waals surface area contributed by atoms with Crippen molar-refractivity contribution in [2.45, 2.75) is 19.9 Å². The molecule has 0 aliphatic carbocycles. The van der Waals surface area contributed by atoms with Crippen LogP contribution in [0.1, 0.15) is 34.7 Å².